The number of pyridine rings is 1. The van der Waals surface area contributed by atoms with Gasteiger partial charge in [-0.1, -0.05) is 24.9 Å². The Hall–Kier alpha value is -1.62. The molecular weight excluding hydrogens is 246 g/mol. The molecule has 0 radical (unpaired) electrons. The maximum atomic E-state index is 11.6. The minimum Gasteiger partial charge on any atom is -0.478 e. The summed E-state index contributed by atoms with van der Waals surface area (Å²) in [6, 6.07) is 1.31. The molecule has 0 amide bonds. The van der Waals surface area contributed by atoms with Gasteiger partial charge in [0.2, 0.25) is 0 Å². The van der Waals surface area contributed by atoms with Crippen LogP contribution in [0.2, 0.25) is 5.02 Å². The lowest BCUT2D eigenvalue weighted by molar-refractivity contribution is 0.0482. The van der Waals surface area contributed by atoms with Gasteiger partial charge in [0.05, 0.1) is 11.6 Å². The van der Waals surface area contributed by atoms with E-state index in [9.17, 15) is 9.59 Å². The van der Waals surface area contributed by atoms with Gasteiger partial charge >= 0.3 is 11.9 Å². The van der Waals surface area contributed by atoms with E-state index in [4.69, 9.17) is 21.4 Å². The molecule has 1 aromatic heterocycles. The van der Waals surface area contributed by atoms with Gasteiger partial charge in [0, 0.05) is 6.20 Å². The summed E-state index contributed by atoms with van der Waals surface area (Å²) >= 11 is 5.70. The first-order valence-corrected chi connectivity index (χ1v) is 5.50. The van der Waals surface area contributed by atoms with Crippen molar-refractivity contribution in [1.29, 1.82) is 0 Å². The zero-order valence-electron chi connectivity index (χ0n) is 9.27. The summed E-state index contributed by atoms with van der Waals surface area (Å²) in [4.78, 5) is 26.2. The van der Waals surface area contributed by atoms with Gasteiger partial charge in [-0.15, -0.1) is 0 Å². The first-order valence-electron chi connectivity index (χ1n) is 5.12. The molecule has 17 heavy (non-hydrogen) atoms. The van der Waals surface area contributed by atoms with E-state index in [2.05, 4.69) is 4.98 Å². The molecule has 1 N–H and O–H groups in total. The van der Waals surface area contributed by atoms with Crippen molar-refractivity contribution < 1.29 is 19.4 Å². The average molecular weight is 258 g/mol. The Kier molecular flexibility index (Phi) is 4.90. The summed E-state index contributed by atoms with van der Waals surface area (Å²) < 4.78 is 4.89. The van der Waals surface area contributed by atoms with E-state index >= 15 is 0 Å². The Morgan fingerprint density at radius 1 is 1.53 bits per heavy atom. The standard InChI is InChI=1S/C11H12ClNO4/c1-2-3-6-17-11(16)9-8(10(14)15)7(12)4-5-13-9/h4-5H,2-3,6H2,1H3,(H,14,15). The number of ether oxygens (including phenoxy) is 1. The number of nitrogens with zero attached hydrogens (tertiary/aromatic N) is 1. The van der Waals surface area contributed by atoms with Gasteiger partial charge < -0.3 is 9.84 Å². The number of halogens is 1. The van der Waals surface area contributed by atoms with Crippen molar-refractivity contribution in [2.75, 3.05) is 6.61 Å². The lowest BCUT2D eigenvalue weighted by atomic mass is 10.2. The van der Waals surface area contributed by atoms with Crippen LogP contribution in [0.25, 0.3) is 0 Å². The second kappa shape index (κ2) is 6.20. The molecule has 0 saturated carbocycles. The predicted octanol–water partition coefficient (Wildman–Crippen LogP) is 2.39. The number of carbonyl (C=O) groups is 2. The molecule has 0 fully saturated rings. The fourth-order valence-electron chi connectivity index (χ4n) is 1.17. The fourth-order valence-corrected chi connectivity index (χ4v) is 1.40. The van der Waals surface area contributed by atoms with Crippen LogP contribution in [-0.2, 0) is 4.74 Å². The Bertz CT molecular complexity index is 433. The van der Waals surface area contributed by atoms with Crippen LogP contribution in [-0.4, -0.2) is 28.6 Å². The molecule has 0 bridgehead atoms. The molecule has 0 aliphatic carbocycles. The van der Waals surface area contributed by atoms with Crippen molar-refractivity contribution in [1.82, 2.24) is 4.98 Å². The maximum absolute atomic E-state index is 11.6. The highest BCUT2D eigenvalue weighted by atomic mass is 35.5. The van der Waals surface area contributed by atoms with Crippen molar-refractivity contribution in [2.45, 2.75) is 19.8 Å². The molecule has 5 nitrogen and oxygen atoms in total. The lowest BCUT2D eigenvalue weighted by Crippen LogP contribution is -2.14. The third kappa shape index (κ3) is 3.42. The quantitative estimate of drug-likeness (QED) is 0.647. The monoisotopic (exact) mass is 257 g/mol. The van der Waals surface area contributed by atoms with Crippen LogP contribution in [0.4, 0.5) is 0 Å². The van der Waals surface area contributed by atoms with Crippen LogP contribution < -0.4 is 0 Å². The summed E-state index contributed by atoms with van der Waals surface area (Å²) in [7, 11) is 0. The zero-order chi connectivity index (χ0) is 12.8. The Morgan fingerprint density at radius 2 is 2.24 bits per heavy atom. The van der Waals surface area contributed by atoms with Crippen molar-refractivity contribution >= 4 is 23.5 Å². The second-order valence-corrected chi connectivity index (χ2v) is 3.72. The van der Waals surface area contributed by atoms with Crippen LogP contribution in [0.1, 0.15) is 40.6 Å². The number of hydrogen-bond acceptors (Lipinski definition) is 4. The van der Waals surface area contributed by atoms with Crippen LogP contribution in [0.5, 0.6) is 0 Å². The topological polar surface area (TPSA) is 76.5 Å². The maximum Gasteiger partial charge on any atom is 0.357 e. The van der Waals surface area contributed by atoms with Gasteiger partial charge in [-0.3, -0.25) is 0 Å². The molecular formula is C11H12ClNO4. The largest absolute Gasteiger partial charge is 0.478 e. The molecule has 1 rings (SSSR count). The van der Waals surface area contributed by atoms with E-state index in [1.807, 2.05) is 6.92 Å². The second-order valence-electron chi connectivity index (χ2n) is 3.31. The van der Waals surface area contributed by atoms with E-state index in [0.717, 1.165) is 6.42 Å². The molecule has 0 spiro atoms. The lowest BCUT2D eigenvalue weighted by Gasteiger charge is -2.06. The number of carboxylic acid groups (broad SMARTS) is 1. The van der Waals surface area contributed by atoms with Crippen LogP contribution in [0.3, 0.4) is 0 Å². The molecule has 1 aromatic rings. The number of aromatic carboxylic acids is 1. The molecule has 0 unspecified atom stereocenters. The molecule has 6 heteroatoms. The Morgan fingerprint density at radius 3 is 2.82 bits per heavy atom. The Labute approximate surface area is 103 Å². The molecule has 0 aromatic carbocycles. The summed E-state index contributed by atoms with van der Waals surface area (Å²) in [5.41, 5.74) is -0.586. The van der Waals surface area contributed by atoms with E-state index in [-0.39, 0.29) is 22.9 Å². The summed E-state index contributed by atoms with van der Waals surface area (Å²) in [6.07, 6.45) is 2.86. The van der Waals surface area contributed by atoms with E-state index in [1.165, 1.54) is 12.3 Å². The van der Waals surface area contributed by atoms with Gasteiger partial charge in [-0.05, 0) is 12.5 Å². The highest BCUT2D eigenvalue weighted by Crippen LogP contribution is 2.18. The van der Waals surface area contributed by atoms with E-state index in [0.29, 0.717) is 6.42 Å². The van der Waals surface area contributed by atoms with Crippen molar-refractivity contribution in [3.8, 4) is 0 Å². The van der Waals surface area contributed by atoms with Crippen molar-refractivity contribution in [3.05, 3.63) is 28.5 Å². The molecule has 0 saturated heterocycles. The van der Waals surface area contributed by atoms with E-state index in [1.54, 1.807) is 0 Å². The SMILES string of the molecule is CCCCOC(=O)c1nccc(Cl)c1C(=O)O. The van der Waals surface area contributed by atoms with Gasteiger partial charge in [-0.25, -0.2) is 14.6 Å². The number of esters is 1. The molecule has 0 aliphatic rings. The molecule has 92 valence electrons. The summed E-state index contributed by atoms with van der Waals surface area (Å²) in [5.74, 6) is -2.07. The number of unbranched alkanes of at least 4 members (excludes halogenated alkanes) is 1. The Balaban J connectivity index is 2.93. The third-order valence-electron chi connectivity index (χ3n) is 2.04. The van der Waals surface area contributed by atoms with Gasteiger partial charge in [0.1, 0.15) is 5.56 Å². The number of carbonyl (C=O) groups excluding carboxylic acids is 1. The summed E-state index contributed by atoms with van der Waals surface area (Å²) in [6.45, 7) is 2.19. The molecule has 0 atom stereocenters. The predicted molar refractivity (Wildman–Crippen MR) is 61.4 cm³/mol. The smallest absolute Gasteiger partial charge is 0.357 e. The first-order chi connectivity index (χ1) is 8.07. The van der Waals surface area contributed by atoms with Crippen LogP contribution in [0, 0.1) is 0 Å². The van der Waals surface area contributed by atoms with Crippen LogP contribution >= 0.6 is 11.6 Å². The number of aromatic nitrogens is 1. The highest BCUT2D eigenvalue weighted by Gasteiger charge is 2.22. The number of rotatable bonds is 5. The number of carboxylic acids is 1. The zero-order valence-corrected chi connectivity index (χ0v) is 10.0. The van der Waals surface area contributed by atoms with Crippen LogP contribution in [0.15, 0.2) is 12.3 Å². The highest BCUT2D eigenvalue weighted by molar-refractivity contribution is 6.34. The van der Waals surface area contributed by atoms with Gasteiger partial charge in [0.15, 0.2) is 5.69 Å². The van der Waals surface area contributed by atoms with Gasteiger partial charge in [-0.2, -0.15) is 0 Å². The number of hydrogen-bond donors (Lipinski definition) is 1. The minimum absolute atomic E-state index is 0.0325. The molecule has 1 heterocycles. The minimum atomic E-state index is -1.30. The summed E-state index contributed by atoms with van der Waals surface area (Å²) in [5, 5.41) is 8.90. The van der Waals surface area contributed by atoms with Gasteiger partial charge in [0.25, 0.3) is 0 Å². The van der Waals surface area contributed by atoms with Crippen molar-refractivity contribution in [2.24, 2.45) is 0 Å². The third-order valence-corrected chi connectivity index (χ3v) is 2.35. The first kappa shape index (κ1) is 13.4. The molecule has 0 aliphatic heterocycles. The normalized spacial score (nSPS) is 10.0. The fraction of sp³-hybridized carbons (Fsp3) is 0.364. The van der Waals surface area contributed by atoms with Crippen molar-refractivity contribution in [3.63, 3.8) is 0 Å². The average Bonchev–Trinajstić information content (AvgIpc) is 2.28. The van der Waals surface area contributed by atoms with E-state index < -0.39 is 11.9 Å².